The van der Waals surface area contributed by atoms with E-state index in [9.17, 15) is 4.79 Å². The third kappa shape index (κ3) is 2.45. The van der Waals surface area contributed by atoms with Gasteiger partial charge in [-0.1, -0.05) is 24.3 Å². The maximum absolute atomic E-state index is 11.4. The number of para-hydroxylation sites is 1. The van der Waals surface area contributed by atoms with Crippen molar-refractivity contribution in [1.82, 2.24) is 4.98 Å². The number of hydrogen-bond acceptors (Lipinski definition) is 4. The van der Waals surface area contributed by atoms with Crippen LogP contribution in [0.1, 0.15) is 11.1 Å². The Balaban J connectivity index is 1.99. The molecule has 1 aliphatic heterocycles. The number of benzene rings is 1. The molecule has 1 atom stereocenters. The minimum Gasteiger partial charge on any atom is -0.355 e. The average molecular weight is 265 g/mol. The molecule has 1 unspecified atom stereocenters. The number of aliphatic imine (C=N–C) groups is 1. The number of fused-ring (bicyclic) bond motifs is 1. The molecule has 0 saturated carbocycles. The van der Waals surface area contributed by atoms with Crippen LogP contribution in [0, 0.1) is 0 Å². The van der Waals surface area contributed by atoms with Crippen LogP contribution in [0.15, 0.2) is 53.8 Å². The number of rotatable bonds is 3. The molecule has 0 saturated heterocycles. The number of aromatic nitrogens is 1. The quantitative estimate of drug-likeness (QED) is 0.798. The van der Waals surface area contributed by atoms with Crippen LogP contribution in [0.2, 0.25) is 0 Å². The summed E-state index contributed by atoms with van der Waals surface area (Å²) < 4.78 is 0. The lowest BCUT2D eigenvalue weighted by Crippen LogP contribution is -2.38. The first-order chi connectivity index (χ1) is 9.88. The first-order valence-electron chi connectivity index (χ1n) is 6.58. The third-order valence-electron chi connectivity index (χ3n) is 3.40. The normalized spacial score (nSPS) is 17.4. The summed E-state index contributed by atoms with van der Waals surface area (Å²) in [5.74, 6) is 0. The molecule has 3 rings (SSSR count). The van der Waals surface area contributed by atoms with Gasteiger partial charge in [-0.2, -0.15) is 0 Å². The average Bonchev–Trinajstić information content (AvgIpc) is 2.68. The van der Waals surface area contributed by atoms with Gasteiger partial charge in [-0.25, -0.2) is 0 Å². The maximum Gasteiger partial charge on any atom is 0.144 e. The number of carbonyl (C=O) groups excluding carboxylic acids is 1. The van der Waals surface area contributed by atoms with Crippen LogP contribution in [0.3, 0.4) is 0 Å². The van der Waals surface area contributed by atoms with Gasteiger partial charge in [-0.3, -0.25) is 9.98 Å². The van der Waals surface area contributed by atoms with Crippen LogP contribution in [0.25, 0.3) is 0 Å². The van der Waals surface area contributed by atoms with Crippen LogP contribution in [-0.2, 0) is 11.3 Å². The molecule has 0 fully saturated rings. The third-order valence-corrected chi connectivity index (χ3v) is 3.40. The Hall–Kier alpha value is -2.49. The lowest BCUT2D eigenvalue weighted by Gasteiger charge is -2.29. The van der Waals surface area contributed by atoms with E-state index in [1.807, 2.05) is 48.8 Å². The molecule has 2 heterocycles. The van der Waals surface area contributed by atoms with Crippen LogP contribution < -0.4 is 4.90 Å². The number of carbonyl (C=O) groups is 1. The second-order valence-electron chi connectivity index (χ2n) is 4.75. The van der Waals surface area contributed by atoms with E-state index in [0.717, 1.165) is 23.1 Å². The minimum atomic E-state index is -0.241. The number of nitrogens with zero attached hydrogens (tertiary/aromatic N) is 3. The van der Waals surface area contributed by atoms with Crippen LogP contribution >= 0.6 is 0 Å². The van der Waals surface area contributed by atoms with Crippen molar-refractivity contribution >= 4 is 18.2 Å². The molecule has 1 aliphatic rings. The van der Waals surface area contributed by atoms with E-state index in [4.69, 9.17) is 0 Å². The fourth-order valence-corrected chi connectivity index (χ4v) is 2.40. The number of aldehydes is 1. The number of hydrogen-bond donors (Lipinski definition) is 0. The maximum atomic E-state index is 11.4. The molecule has 100 valence electrons. The summed E-state index contributed by atoms with van der Waals surface area (Å²) in [6.45, 7) is 1.13. The van der Waals surface area contributed by atoms with E-state index in [1.54, 1.807) is 6.20 Å². The summed E-state index contributed by atoms with van der Waals surface area (Å²) in [6.07, 6.45) is 6.39. The van der Waals surface area contributed by atoms with E-state index in [0.29, 0.717) is 13.1 Å². The Bertz CT molecular complexity index is 625. The highest BCUT2D eigenvalue weighted by atomic mass is 16.1. The molecule has 0 spiro atoms. The molecule has 4 heteroatoms. The summed E-state index contributed by atoms with van der Waals surface area (Å²) >= 11 is 0. The van der Waals surface area contributed by atoms with Gasteiger partial charge >= 0.3 is 0 Å². The highest BCUT2D eigenvalue weighted by molar-refractivity contribution is 5.90. The van der Waals surface area contributed by atoms with Crippen molar-refractivity contribution in [3.8, 4) is 0 Å². The Morgan fingerprint density at radius 3 is 2.95 bits per heavy atom. The number of pyridine rings is 1. The van der Waals surface area contributed by atoms with Gasteiger partial charge in [0.1, 0.15) is 12.3 Å². The van der Waals surface area contributed by atoms with Crippen LogP contribution in [-0.4, -0.2) is 30.1 Å². The van der Waals surface area contributed by atoms with E-state index in [2.05, 4.69) is 14.9 Å². The summed E-state index contributed by atoms with van der Waals surface area (Å²) in [7, 11) is 0. The molecule has 1 aromatic carbocycles. The van der Waals surface area contributed by atoms with Gasteiger partial charge in [0.2, 0.25) is 0 Å². The number of benzodiazepines with no additional fused rings is 1. The predicted molar refractivity (Wildman–Crippen MR) is 79.2 cm³/mol. The SMILES string of the molecule is O=CC1CN=Cc2ccccc2N1Cc1cccnc1. The molecule has 0 N–H and O–H groups in total. The Kier molecular flexibility index (Phi) is 3.54. The van der Waals surface area contributed by atoms with E-state index < -0.39 is 0 Å². The van der Waals surface area contributed by atoms with Crippen molar-refractivity contribution in [3.63, 3.8) is 0 Å². The lowest BCUT2D eigenvalue weighted by molar-refractivity contribution is -0.108. The zero-order valence-corrected chi connectivity index (χ0v) is 11.0. The van der Waals surface area contributed by atoms with Gasteiger partial charge in [-0.15, -0.1) is 0 Å². The largest absolute Gasteiger partial charge is 0.355 e. The molecule has 0 aliphatic carbocycles. The smallest absolute Gasteiger partial charge is 0.144 e. The highest BCUT2D eigenvalue weighted by Gasteiger charge is 2.22. The summed E-state index contributed by atoms with van der Waals surface area (Å²) in [4.78, 5) is 22.0. The van der Waals surface area contributed by atoms with E-state index >= 15 is 0 Å². The van der Waals surface area contributed by atoms with Gasteiger partial charge < -0.3 is 9.69 Å². The van der Waals surface area contributed by atoms with Gasteiger partial charge in [0.15, 0.2) is 0 Å². The minimum absolute atomic E-state index is 0.241. The fraction of sp³-hybridized carbons (Fsp3) is 0.188. The Morgan fingerprint density at radius 1 is 1.25 bits per heavy atom. The second kappa shape index (κ2) is 5.65. The molecule has 4 nitrogen and oxygen atoms in total. The molecule has 0 amide bonds. The van der Waals surface area contributed by atoms with Crippen molar-refractivity contribution in [3.05, 3.63) is 59.9 Å². The topological polar surface area (TPSA) is 45.6 Å². The van der Waals surface area contributed by atoms with Gasteiger partial charge in [-0.05, 0) is 17.7 Å². The van der Waals surface area contributed by atoms with Crippen molar-refractivity contribution in [1.29, 1.82) is 0 Å². The van der Waals surface area contributed by atoms with Crippen LogP contribution in [0.5, 0.6) is 0 Å². The van der Waals surface area contributed by atoms with Crippen molar-refractivity contribution in [2.24, 2.45) is 4.99 Å². The summed E-state index contributed by atoms with van der Waals surface area (Å²) in [5, 5.41) is 0. The first-order valence-corrected chi connectivity index (χ1v) is 6.58. The van der Waals surface area contributed by atoms with Gasteiger partial charge in [0, 0.05) is 36.4 Å². The Morgan fingerprint density at radius 2 is 2.15 bits per heavy atom. The summed E-state index contributed by atoms with van der Waals surface area (Å²) in [5.41, 5.74) is 3.16. The van der Waals surface area contributed by atoms with E-state index in [-0.39, 0.29) is 6.04 Å². The second-order valence-corrected chi connectivity index (χ2v) is 4.75. The predicted octanol–water partition coefficient (Wildman–Crippen LogP) is 2.09. The first kappa shape index (κ1) is 12.5. The monoisotopic (exact) mass is 265 g/mol. The van der Waals surface area contributed by atoms with Crippen molar-refractivity contribution in [2.75, 3.05) is 11.4 Å². The molecule has 20 heavy (non-hydrogen) atoms. The van der Waals surface area contributed by atoms with Gasteiger partial charge in [0.05, 0.1) is 6.54 Å². The van der Waals surface area contributed by atoms with Crippen LogP contribution in [0.4, 0.5) is 5.69 Å². The standard InChI is InChI=1S/C16H15N3O/c20-12-15-10-18-9-14-5-1-2-6-16(14)19(15)11-13-4-3-7-17-8-13/h1-9,12,15H,10-11H2. The number of anilines is 1. The van der Waals surface area contributed by atoms with Gasteiger partial charge in [0.25, 0.3) is 0 Å². The van der Waals surface area contributed by atoms with E-state index in [1.165, 1.54) is 0 Å². The van der Waals surface area contributed by atoms with Crippen molar-refractivity contribution in [2.45, 2.75) is 12.6 Å². The molecule has 1 aromatic heterocycles. The van der Waals surface area contributed by atoms with Crippen molar-refractivity contribution < 1.29 is 4.79 Å². The Labute approximate surface area is 117 Å². The molecule has 0 bridgehead atoms. The summed E-state index contributed by atoms with van der Waals surface area (Å²) in [6, 6.07) is 11.7. The lowest BCUT2D eigenvalue weighted by atomic mass is 10.1. The zero-order valence-electron chi connectivity index (χ0n) is 11.0. The fourth-order valence-electron chi connectivity index (χ4n) is 2.40. The molecular formula is C16H15N3O. The highest BCUT2D eigenvalue weighted by Crippen LogP contribution is 2.25. The zero-order chi connectivity index (χ0) is 13.8. The molecular weight excluding hydrogens is 250 g/mol. The molecule has 0 radical (unpaired) electrons. The molecule has 2 aromatic rings.